The SMILES string of the molecule is CC(CCCO)(CCCCCC(O)CCCCCC(C)(CCCO)c1ccccc1)c1ccccc1. The van der Waals surface area contributed by atoms with Gasteiger partial charge in [-0.2, -0.15) is 0 Å². The Morgan fingerprint density at radius 1 is 0.528 bits per heavy atom. The van der Waals surface area contributed by atoms with E-state index < -0.39 is 0 Å². The van der Waals surface area contributed by atoms with Gasteiger partial charge < -0.3 is 15.3 Å². The zero-order valence-corrected chi connectivity index (χ0v) is 23.0. The molecule has 0 saturated carbocycles. The molecule has 2 aromatic carbocycles. The summed E-state index contributed by atoms with van der Waals surface area (Å²) < 4.78 is 0. The first kappa shape index (κ1) is 30.5. The van der Waals surface area contributed by atoms with Gasteiger partial charge in [0.15, 0.2) is 0 Å². The zero-order valence-electron chi connectivity index (χ0n) is 23.0. The molecule has 0 bridgehead atoms. The fourth-order valence-corrected chi connectivity index (χ4v) is 5.73. The summed E-state index contributed by atoms with van der Waals surface area (Å²) in [7, 11) is 0. The largest absolute Gasteiger partial charge is 0.396 e. The molecule has 2 atom stereocenters. The number of aliphatic hydroxyl groups is 3. The lowest BCUT2D eigenvalue weighted by atomic mass is 9.74. The topological polar surface area (TPSA) is 60.7 Å². The van der Waals surface area contributed by atoms with Gasteiger partial charge in [-0.3, -0.25) is 0 Å². The fraction of sp³-hybridized carbons (Fsp3) is 0.636. The molecule has 36 heavy (non-hydrogen) atoms. The van der Waals surface area contributed by atoms with E-state index in [0.29, 0.717) is 0 Å². The molecule has 0 heterocycles. The molecule has 2 rings (SSSR count). The Bertz CT molecular complexity index is 726. The van der Waals surface area contributed by atoms with E-state index in [2.05, 4.69) is 74.5 Å². The van der Waals surface area contributed by atoms with E-state index in [1.54, 1.807) is 0 Å². The highest BCUT2D eigenvalue weighted by Crippen LogP contribution is 2.35. The van der Waals surface area contributed by atoms with Gasteiger partial charge in [-0.25, -0.2) is 0 Å². The minimum atomic E-state index is -0.185. The van der Waals surface area contributed by atoms with Gasteiger partial charge in [-0.15, -0.1) is 0 Å². The summed E-state index contributed by atoms with van der Waals surface area (Å²) in [5.74, 6) is 0. The van der Waals surface area contributed by atoms with Crippen molar-refractivity contribution in [2.45, 2.75) is 121 Å². The van der Waals surface area contributed by atoms with E-state index in [4.69, 9.17) is 0 Å². The number of benzene rings is 2. The Hall–Kier alpha value is -1.68. The van der Waals surface area contributed by atoms with Gasteiger partial charge in [0, 0.05) is 13.2 Å². The van der Waals surface area contributed by atoms with Crippen LogP contribution in [0.5, 0.6) is 0 Å². The Balaban J connectivity index is 1.64. The van der Waals surface area contributed by atoms with E-state index in [0.717, 1.165) is 89.9 Å². The molecule has 0 radical (unpaired) electrons. The van der Waals surface area contributed by atoms with Crippen LogP contribution in [0.25, 0.3) is 0 Å². The van der Waals surface area contributed by atoms with Crippen molar-refractivity contribution in [2.75, 3.05) is 13.2 Å². The summed E-state index contributed by atoms with van der Waals surface area (Å²) in [5, 5.41) is 29.2. The highest BCUT2D eigenvalue weighted by molar-refractivity contribution is 5.25. The second-order valence-electron chi connectivity index (χ2n) is 11.4. The maximum Gasteiger partial charge on any atom is 0.0540 e. The lowest BCUT2D eigenvalue weighted by Crippen LogP contribution is -2.22. The Kier molecular flexibility index (Phi) is 14.4. The van der Waals surface area contributed by atoms with Crippen molar-refractivity contribution < 1.29 is 15.3 Å². The molecule has 2 unspecified atom stereocenters. The maximum absolute atomic E-state index is 10.5. The van der Waals surface area contributed by atoms with Crippen LogP contribution in [0.2, 0.25) is 0 Å². The first-order valence-electron chi connectivity index (χ1n) is 14.4. The molecule has 3 heteroatoms. The van der Waals surface area contributed by atoms with Crippen molar-refractivity contribution in [1.29, 1.82) is 0 Å². The summed E-state index contributed by atoms with van der Waals surface area (Å²) in [6.07, 6.45) is 14.4. The molecule has 0 aromatic heterocycles. The van der Waals surface area contributed by atoms with Crippen molar-refractivity contribution in [2.24, 2.45) is 0 Å². The van der Waals surface area contributed by atoms with Crippen LogP contribution in [0.1, 0.15) is 115 Å². The molecule has 0 amide bonds. The monoisotopic (exact) mass is 496 g/mol. The van der Waals surface area contributed by atoms with Gasteiger partial charge in [-0.1, -0.05) is 113 Å². The minimum Gasteiger partial charge on any atom is -0.396 e. The van der Waals surface area contributed by atoms with Crippen LogP contribution < -0.4 is 0 Å². The first-order valence-corrected chi connectivity index (χ1v) is 14.4. The predicted octanol–water partition coefficient (Wildman–Crippen LogP) is 7.71. The third-order valence-electron chi connectivity index (χ3n) is 8.25. The molecule has 3 N–H and O–H groups in total. The number of unbranched alkanes of at least 4 members (excludes halogenated alkanes) is 4. The smallest absolute Gasteiger partial charge is 0.0540 e. The zero-order chi connectivity index (χ0) is 26.1. The summed E-state index contributed by atoms with van der Waals surface area (Å²) in [6, 6.07) is 21.5. The molecule has 2 aromatic rings. The van der Waals surface area contributed by atoms with Crippen molar-refractivity contribution in [3.05, 3.63) is 71.8 Å². The lowest BCUT2D eigenvalue weighted by Gasteiger charge is -2.30. The van der Waals surface area contributed by atoms with E-state index in [9.17, 15) is 15.3 Å². The number of aliphatic hydroxyl groups excluding tert-OH is 3. The predicted molar refractivity (Wildman–Crippen MR) is 152 cm³/mol. The second-order valence-corrected chi connectivity index (χ2v) is 11.4. The highest BCUT2D eigenvalue weighted by Gasteiger charge is 2.26. The summed E-state index contributed by atoms with van der Waals surface area (Å²) in [6.45, 7) is 5.17. The van der Waals surface area contributed by atoms with Crippen LogP contribution in [-0.4, -0.2) is 34.6 Å². The summed E-state index contributed by atoms with van der Waals surface area (Å²) >= 11 is 0. The van der Waals surface area contributed by atoms with Crippen molar-refractivity contribution in [3.8, 4) is 0 Å². The first-order chi connectivity index (χ1) is 17.4. The van der Waals surface area contributed by atoms with Gasteiger partial charge in [-0.05, 0) is 73.3 Å². The molecule has 0 saturated heterocycles. The molecule has 0 spiro atoms. The van der Waals surface area contributed by atoms with Gasteiger partial charge in [0.25, 0.3) is 0 Å². The van der Waals surface area contributed by atoms with Crippen LogP contribution in [0.3, 0.4) is 0 Å². The third-order valence-corrected chi connectivity index (χ3v) is 8.25. The Morgan fingerprint density at radius 2 is 0.889 bits per heavy atom. The number of hydrogen-bond donors (Lipinski definition) is 3. The normalized spacial score (nSPS) is 15.8. The average molecular weight is 497 g/mol. The van der Waals surface area contributed by atoms with Crippen molar-refractivity contribution in [3.63, 3.8) is 0 Å². The third kappa shape index (κ3) is 10.7. The number of rotatable bonds is 20. The van der Waals surface area contributed by atoms with E-state index in [1.807, 2.05) is 0 Å². The van der Waals surface area contributed by atoms with Crippen LogP contribution in [-0.2, 0) is 10.8 Å². The van der Waals surface area contributed by atoms with Crippen LogP contribution in [0.4, 0.5) is 0 Å². The maximum atomic E-state index is 10.5. The van der Waals surface area contributed by atoms with Gasteiger partial charge in [0.05, 0.1) is 6.10 Å². The van der Waals surface area contributed by atoms with Crippen molar-refractivity contribution in [1.82, 2.24) is 0 Å². The number of hydrogen-bond acceptors (Lipinski definition) is 3. The lowest BCUT2D eigenvalue weighted by molar-refractivity contribution is 0.146. The molecular formula is C33H52O3. The fourth-order valence-electron chi connectivity index (χ4n) is 5.73. The summed E-state index contributed by atoms with van der Waals surface area (Å²) in [4.78, 5) is 0. The van der Waals surface area contributed by atoms with E-state index >= 15 is 0 Å². The van der Waals surface area contributed by atoms with Gasteiger partial charge in [0.2, 0.25) is 0 Å². The van der Waals surface area contributed by atoms with Crippen molar-refractivity contribution >= 4 is 0 Å². The van der Waals surface area contributed by atoms with Gasteiger partial charge >= 0.3 is 0 Å². The second kappa shape index (κ2) is 16.9. The van der Waals surface area contributed by atoms with Crippen LogP contribution in [0.15, 0.2) is 60.7 Å². The quantitative estimate of drug-likeness (QED) is 0.165. The van der Waals surface area contributed by atoms with E-state index in [1.165, 1.54) is 11.1 Å². The molecule has 0 aliphatic carbocycles. The molecule has 0 aliphatic heterocycles. The molecular weight excluding hydrogens is 444 g/mol. The standard InChI is InChI=1S/C33H52O3/c1-32(25-15-27-34,29-17-7-3-8-18-29)23-13-5-11-21-31(36)22-12-6-14-24-33(2,26-16-28-35)30-19-9-4-10-20-30/h3-4,7-10,17-20,31,34-36H,5-6,11-16,21-28H2,1-2H3. The van der Waals surface area contributed by atoms with Gasteiger partial charge in [0.1, 0.15) is 0 Å². The van der Waals surface area contributed by atoms with Crippen LogP contribution in [0, 0.1) is 0 Å². The summed E-state index contributed by atoms with van der Waals surface area (Å²) in [5.41, 5.74) is 2.98. The molecule has 3 nitrogen and oxygen atoms in total. The highest BCUT2D eigenvalue weighted by atomic mass is 16.3. The Labute approximate surface area is 221 Å². The van der Waals surface area contributed by atoms with E-state index in [-0.39, 0.29) is 30.1 Å². The Morgan fingerprint density at radius 3 is 1.25 bits per heavy atom. The molecule has 0 aliphatic rings. The molecule has 202 valence electrons. The average Bonchev–Trinajstić information content (AvgIpc) is 2.91. The van der Waals surface area contributed by atoms with Crippen LogP contribution >= 0.6 is 0 Å². The minimum absolute atomic E-state index is 0.119. The molecule has 0 fully saturated rings.